The lowest BCUT2D eigenvalue weighted by molar-refractivity contribution is 0.354. The van der Waals surface area contributed by atoms with E-state index >= 15 is 0 Å². The molecule has 0 aliphatic carbocycles. The topological polar surface area (TPSA) is 18.5 Å². The van der Waals surface area contributed by atoms with Crippen molar-refractivity contribution in [1.29, 1.82) is 0 Å². The Labute approximate surface area is 113 Å². The van der Waals surface area contributed by atoms with Crippen LogP contribution < -0.4 is 9.47 Å². The van der Waals surface area contributed by atoms with Gasteiger partial charge in [0.05, 0.1) is 14.2 Å². The van der Waals surface area contributed by atoms with Crippen LogP contribution >= 0.6 is 23.4 Å². The van der Waals surface area contributed by atoms with Crippen LogP contribution in [0, 0.1) is 0 Å². The first-order valence-electron chi connectivity index (χ1n) is 5.59. The molecule has 0 aliphatic rings. The van der Waals surface area contributed by atoms with Crippen molar-refractivity contribution in [3.8, 4) is 11.5 Å². The highest BCUT2D eigenvalue weighted by molar-refractivity contribution is 7.99. The van der Waals surface area contributed by atoms with Crippen molar-refractivity contribution in [2.45, 2.75) is 24.3 Å². The summed E-state index contributed by atoms with van der Waals surface area (Å²) >= 11 is 7.62. The maximum absolute atomic E-state index is 5.72. The van der Waals surface area contributed by atoms with Crippen LogP contribution in [0.2, 0.25) is 0 Å². The third kappa shape index (κ3) is 4.68. The Bertz CT molecular complexity index is 344. The molecule has 1 aromatic rings. The van der Waals surface area contributed by atoms with Gasteiger partial charge < -0.3 is 9.47 Å². The van der Waals surface area contributed by atoms with Crippen molar-refractivity contribution >= 4 is 23.4 Å². The lowest BCUT2D eigenvalue weighted by Gasteiger charge is -2.11. The molecule has 0 saturated heterocycles. The summed E-state index contributed by atoms with van der Waals surface area (Å²) in [7, 11) is 3.31. The van der Waals surface area contributed by atoms with Crippen molar-refractivity contribution < 1.29 is 9.47 Å². The van der Waals surface area contributed by atoms with Gasteiger partial charge in [0.15, 0.2) is 11.5 Å². The fourth-order valence-electron chi connectivity index (χ4n) is 1.45. The summed E-state index contributed by atoms with van der Waals surface area (Å²) < 4.78 is 10.5. The molecular weight excluding hydrogens is 256 g/mol. The molecule has 0 heterocycles. The second kappa shape index (κ2) is 7.72. The molecule has 0 aliphatic heterocycles. The number of ether oxygens (including phenoxy) is 2. The summed E-state index contributed by atoms with van der Waals surface area (Å²) in [5.74, 6) is 3.25. The van der Waals surface area contributed by atoms with E-state index in [1.807, 2.05) is 23.9 Å². The molecule has 1 atom stereocenters. The van der Waals surface area contributed by atoms with Crippen LogP contribution in [0.15, 0.2) is 18.2 Å². The molecule has 0 spiro atoms. The Morgan fingerprint density at radius 2 is 1.94 bits per heavy atom. The van der Waals surface area contributed by atoms with Crippen molar-refractivity contribution in [3.63, 3.8) is 0 Å². The van der Waals surface area contributed by atoms with Gasteiger partial charge in [-0.05, 0) is 24.1 Å². The number of alkyl halides is 1. The monoisotopic (exact) mass is 274 g/mol. The molecule has 0 bridgehead atoms. The summed E-state index contributed by atoms with van der Waals surface area (Å²) in [6.45, 7) is 2.20. The number of benzene rings is 1. The van der Waals surface area contributed by atoms with Crippen LogP contribution in [0.1, 0.15) is 18.9 Å². The fraction of sp³-hybridized carbons (Fsp3) is 0.538. The minimum absolute atomic E-state index is 0.584. The molecule has 0 fully saturated rings. The van der Waals surface area contributed by atoms with E-state index in [1.165, 1.54) is 5.56 Å². The number of hydrogen-bond donors (Lipinski definition) is 0. The maximum Gasteiger partial charge on any atom is 0.161 e. The van der Waals surface area contributed by atoms with Gasteiger partial charge in [0, 0.05) is 16.9 Å². The first kappa shape index (κ1) is 14.5. The summed E-state index contributed by atoms with van der Waals surface area (Å²) in [6, 6.07) is 6.04. The van der Waals surface area contributed by atoms with E-state index in [9.17, 15) is 0 Å². The lowest BCUT2D eigenvalue weighted by Crippen LogP contribution is -1.98. The fourth-order valence-corrected chi connectivity index (χ4v) is 2.84. The quantitative estimate of drug-likeness (QED) is 0.702. The lowest BCUT2D eigenvalue weighted by atomic mass is 10.2. The predicted octanol–water partition coefficient (Wildman–Crippen LogP) is 3.95. The average Bonchev–Trinajstić information content (AvgIpc) is 2.36. The van der Waals surface area contributed by atoms with Gasteiger partial charge in [-0.15, -0.1) is 11.6 Å². The Kier molecular flexibility index (Phi) is 6.60. The SMILES string of the molecule is COc1ccc(CSC(C)CCCl)cc1OC. The molecule has 2 nitrogen and oxygen atoms in total. The molecule has 17 heavy (non-hydrogen) atoms. The number of methoxy groups -OCH3 is 2. The molecule has 4 heteroatoms. The third-order valence-electron chi connectivity index (χ3n) is 2.50. The van der Waals surface area contributed by atoms with E-state index in [-0.39, 0.29) is 0 Å². The summed E-state index contributed by atoms with van der Waals surface area (Å²) in [5, 5.41) is 0.584. The van der Waals surface area contributed by atoms with Crippen LogP contribution in [0.4, 0.5) is 0 Å². The van der Waals surface area contributed by atoms with E-state index in [0.717, 1.165) is 29.6 Å². The van der Waals surface area contributed by atoms with Crippen molar-refractivity contribution in [3.05, 3.63) is 23.8 Å². The Hall–Kier alpha value is -0.540. The van der Waals surface area contributed by atoms with Crippen LogP contribution in [0.25, 0.3) is 0 Å². The number of thioether (sulfide) groups is 1. The molecule has 0 N–H and O–H groups in total. The first-order chi connectivity index (χ1) is 8.21. The molecule has 0 amide bonds. The van der Waals surface area contributed by atoms with Crippen molar-refractivity contribution in [2.24, 2.45) is 0 Å². The van der Waals surface area contributed by atoms with Crippen LogP contribution in [0.5, 0.6) is 11.5 Å². The van der Waals surface area contributed by atoms with E-state index in [4.69, 9.17) is 21.1 Å². The second-order valence-corrected chi connectivity index (χ2v) is 5.59. The number of hydrogen-bond acceptors (Lipinski definition) is 3. The molecule has 0 saturated carbocycles. The zero-order valence-corrected chi connectivity index (χ0v) is 12.1. The van der Waals surface area contributed by atoms with Crippen molar-refractivity contribution in [2.75, 3.05) is 20.1 Å². The van der Waals surface area contributed by atoms with Crippen LogP contribution in [-0.2, 0) is 5.75 Å². The Balaban J connectivity index is 2.60. The third-order valence-corrected chi connectivity index (χ3v) is 4.02. The van der Waals surface area contributed by atoms with Crippen molar-refractivity contribution in [1.82, 2.24) is 0 Å². The second-order valence-electron chi connectivity index (χ2n) is 3.79. The van der Waals surface area contributed by atoms with Gasteiger partial charge in [0.25, 0.3) is 0 Å². The van der Waals surface area contributed by atoms with Gasteiger partial charge in [-0.2, -0.15) is 11.8 Å². The average molecular weight is 275 g/mol. The zero-order valence-electron chi connectivity index (χ0n) is 10.5. The standard InChI is InChI=1S/C13H19ClO2S/c1-10(6-7-14)17-9-11-4-5-12(15-2)13(8-11)16-3/h4-5,8,10H,6-7,9H2,1-3H3. The van der Waals surface area contributed by atoms with Crippen LogP contribution in [0.3, 0.4) is 0 Å². The number of rotatable bonds is 7. The molecular formula is C13H19ClO2S. The Morgan fingerprint density at radius 3 is 2.53 bits per heavy atom. The molecule has 1 rings (SSSR count). The van der Waals surface area contributed by atoms with E-state index in [2.05, 4.69) is 13.0 Å². The highest BCUT2D eigenvalue weighted by Gasteiger charge is 2.06. The van der Waals surface area contributed by atoms with E-state index < -0.39 is 0 Å². The summed E-state index contributed by atoms with van der Waals surface area (Å²) in [6.07, 6.45) is 1.04. The molecule has 0 radical (unpaired) electrons. The zero-order chi connectivity index (χ0) is 12.7. The van der Waals surface area contributed by atoms with Crippen LogP contribution in [-0.4, -0.2) is 25.3 Å². The predicted molar refractivity (Wildman–Crippen MR) is 75.6 cm³/mol. The smallest absolute Gasteiger partial charge is 0.161 e. The molecule has 1 unspecified atom stereocenters. The normalized spacial score (nSPS) is 12.2. The largest absolute Gasteiger partial charge is 0.493 e. The van der Waals surface area contributed by atoms with E-state index in [1.54, 1.807) is 14.2 Å². The summed E-state index contributed by atoms with van der Waals surface area (Å²) in [5.41, 5.74) is 1.24. The van der Waals surface area contributed by atoms with Gasteiger partial charge in [-0.3, -0.25) is 0 Å². The maximum atomic E-state index is 5.72. The van der Waals surface area contributed by atoms with E-state index in [0.29, 0.717) is 5.25 Å². The first-order valence-corrected chi connectivity index (χ1v) is 7.18. The van der Waals surface area contributed by atoms with Gasteiger partial charge in [-0.25, -0.2) is 0 Å². The molecule has 0 aromatic heterocycles. The van der Waals surface area contributed by atoms with Gasteiger partial charge in [0.1, 0.15) is 0 Å². The minimum Gasteiger partial charge on any atom is -0.493 e. The summed E-state index contributed by atoms with van der Waals surface area (Å²) in [4.78, 5) is 0. The van der Waals surface area contributed by atoms with Gasteiger partial charge in [0.2, 0.25) is 0 Å². The highest BCUT2D eigenvalue weighted by atomic mass is 35.5. The molecule has 1 aromatic carbocycles. The highest BCUT2D eigenvalue weighted by Crippen LogP contribution is 2.30. The van der Waals surface area contributed by atoms with Gasteiger partial charge in [-0.1, -0.05) is 13.0 Å². The molecule has 96 valence electrons. The number of halogens is 1. The van der Waals surface area contributed by atoms with Gasteiger partial charge >= 0.3 is 0 Å². The minimum atomic E-state index is 0.584. The Morgan fingerprint density at radius 1 is 1.24 bits per heavy atom.